The molecule has 2 N–H and O–H groups in total. The predicted molar refractivity (Wildman–Crippen MR) is 121 cm³/mol. The van der Waals surface area contributed by atoms with E-state index in [0.29, 0.717) is 35.5 Å². The van der Waals surface area contributed by atoms with Crippen molar-refractivity contribution in [2.75, 3.05) is 26.0 Å². The number of aromatic amines is 1. The molecule has 0 radical (unpaired) electrons. The second-order valence-electron chi connectivity index (χ2n) is 8.64. The second-order valence-corrected chi connectivity index (χ2v) is 8.64. The maximum Gasteiger partial charge on any atom is 0.320 e. The Morgan fingerprint density at radius 2 is 2.03 bits per heavy atom. The highest BCUT2D eigenvalue weighted by atomic mass is 19.1. The van der Waals surface area contributed by atoms with Gasteiger partial charge in [-0.2, -0.15) is 0 Å². The van der Waals surface area contributed by atoms with Crippen molar-refractivity contribution >= 4 is 35.1 Å². The molecule has 168 valence electrons. The van der Waals surface area contributed by atoms with E-state index in [1.807, 2.05) is 13.8 Å². The fourth-order valence-electron chi connectivity index (χ4n) is 4.55. The zero-order valence-corrected chi connectivity index (χ0v) is 18.7. The first kappa shape index (κ1) is 21.8. The minimum atomic E-state index is -0.420. The van der Waals surface area contributed by atoms with Crippen molar-refractivity contribution < 1.29 is 18.8 Å². The molecule has 0 aliphatic carbocycles. The first-order chi connectivity index (χ1) is 15.2. The van der Waals surface area contributed by atoms with Crippen molar-refractivity contribution in [3.05, 3.63) is 52.1 Å². The van der Waals surface area contributed by atoms with Crippen LogP contribution in [0.25, 0.3) is 11.6 Å². The van der Waals surface area contributed by atoms with Gasteiger partial charge >= 0.3 is 6.03 Å². The second kappa shape index (κ2) is 8.26. The van der Waals surface area contributed by atoms with E-state index < -0.39 is 11.9 Å². The number of fused-ring (bicyclic) bond motifs is 1. The molecule has 1 aromatic carbocycles. The van der Waals surface area contributed by atoms with E-state index in [-0.39, 0.29) is 24.1 Å². The van der Waals surface area contributed by atoms with Crippen LogP contribution in [-0.2, 0) is 16.0 Å². The Morgan fingerprint density at radius 1 is 1.28 bits per heavy atom. The van der Waals surface area contributed by atoms with Crippen molar-refractivity contribution in [2.24, 2.45) is 0 Å². The van der Waals surface area contributed by atoms with Crippen molar-refractivity contribution in [3.8, 4) is 0 Å². The van der Waals surface area contributed by atoms with Crippen molar-refractivity contribution in [1.82, 2.24) is 14.8 Å². The van der Waals surface area contributed by atoms with Crippen LogP contribution in [0.3, 0.4) is 0 Å². The Balaban J connectivity index is 1.60. The molecule has 0 bridgehead atoms. The van der Waals surface area contributed by atoms with E-state index in [0.717, 1.165) is 23.2 Å². The number of ketones is 1. The number of hydrogen-bond donors (Lipinski definition) is 2. The van der Waals surface area contributed by atoms with Gasteiger partial charge in [-0.05, 0) is 62.1 Å². The number of rotatable bonds is 4. The molecule has 1 saturated heterocycles. The number of benzene rings is 1. The van der Waals surface area contributed by atoms with Crippen LogP contribution in [0.4, 0.5) is 14.9 Å². The van der Waals surface area contributed by atoms with Gasteiger partial charge in [0.25, 0.3) is 5.91 Å². The molecule has 32 heavy (non-hydrogen) atoms. The number of carbonyl (C=O) groups is 3. The largest absolute Gasteiger partial charge is 0.359 e. The van der Waals surface area contributed by atoms with Crippen LogP contribution in [0.15, 0.2) is 18.2 Å². The molecule has 7 nitrogen and oxygen atoms in total. The number of likely N-dealkylation sites (tertiary alicyclic amines) is 1. The topological polar surface area (TPSA) is 85.5 Å². The molecule has 8 heteroatoms. The highest BCUT2D eigenvalue weighted by Crippen LogP contribution is 2.34. The minimum absolute atomic E-state index is 0.00753. The average molecular weight is 439 g/mol. The molecule has 3 heterocycles. The van der Waals surface area contributed by atoms with Crippen LogP contribution in [-0.4, -0.2) is 59.2 Å². The monoisotopic (exact) mass is 438 g/mol. The number of aryl methyl sites for hydroxylation is 1. The molecule has 1 aromatic heterocycles. The standard InChI is InChI=1S/C24H27FN4O3/c1-13-16(12-22(30)21-6-5-9-29(21)24(32)28(3)4)14(2)26-20(13)11-18-17-10-15(25)7-8-19(17)27-23(18)31/h7-8,10-11,21,26H,5-6,9,12H2,1-4H3,(H,27,31)/b18-11-/t21-/m1/s1. The predicted octanol–water partition coefficient (Wildman–Crippen LogP) is 3.52. The molecule has 2 aromatic rings. The van der Waals surface area contributed by atoms with E-state index in [1.165, 1.54) is 17.0 Å². The van der Waals surface area contributed by atoms with Crippen LogP contribution < -0.4 is 5.32 Å². The van der Waals surface area contributed by atoms with E-state index in [2.05, 4.69) is 10.3 Å². The third kappa shape index (κ3) is 3.81. The summed E-state index contributed by atoms with van der Waals surface area (Å²) >= 11 is 0. The Hall–Kier alpha value is -3.42. The van der Waals surface area contributed by atoms with Gasteiger partial charge < -0.3 is 20.1 Å². The molecule has 0 spiro atoms. The van der Waals surface area contributed by atoms with Gasteiger partial charge in [0.15, 0.2) is 5.78 Å². The van der Waals surface area contributed by atoms with Crippen LogP contribution in [0.5, 0.6) is 0 Å². The van der Waals surface area contributed by atoms with E-state index in [9.17, 15) is 18.8 Å². The van der Waals surface area contributed by atoms with Crippen molar-refractivity contribution in [3.63, 3.8) is 0 Å². The molecule has 4 rings (SSSR count). The molecule has 1 fully saturated rings. The van der Waals surface area contributed by atoms with Crippen LogP contribution >= 0.6 is 0 Å². The summed E-state index contributed by atoms with van der Waals surface area (Å²) in [6.07, 6.45) is 3.38. The number of hydrogen-bond acceptors (Lipinski definition) is 3. The van der Waals surface area contributed by atoms with E-state index in [4.69, 9.17) is 0 Å². The van der Waals surface area contributed by atoms with Gasteiger partial charge in [-0.1, -0.05) is 0 Å². The van der Waals surface area contributed by atoms with Crippen LogP contribution in [0, 0.1) is 19.7 Å². The molecule has 1 atom stereocenters. The normalized spacial score (nSPS) is 18.8. The number of H-pyrrole nitrogens is 1. The van der Waals surface area contributed by atoms with E-state index in [1.54, 1.807) is 31.1 Å². The molecule has 2 aliphatic rings. The van der Waals surface area contributed by atoms with Gasteiger partial charge in [-0.25, -0.2) is 9.18 Å². The molecular weight excluding hydrogens is 411 g/mol. The molecule has 3 amide bonds. The SMILES string of the molecule is Cc1[nH]c(/C=C2\C(=O)Nc3ccc(F)cc32)c(C)c1CC(=O)[C@H]1CCCN1C(=O)N(C)C. The summed E-state index contributed by atoms with van der Waals surface area (Å²) in [5.74, 6) is -0.697. The first-order valence-electron chi connectivity index (χ1n) is 10.7. The molecule has 0 saturated carbocycles. The van der Waals surface area contributed by atoms with Crippen molar-refractivity contribution in [2.45, 2.75) is 39.2 Å². The molecule has 0 unspecified atom stereocenters. The summed E-state index contributed by atoms with van der Waals surface area (Å²) in [4.78, 5) is 44.4. The highest BCUT2D eigenvalue weighted by molar-refractivity contribution is 6.34. The summed E-state index contributed by atoms with van der Waals surface area (Å²) in [6, 6.07) is 3.62. The quantitative estimate of drug-likeness (QED) is 0.717. The Kier molecular flexibility index (Phi) is 5.62. The van der Waals surface area contributed by atoms with Gasteiger partial charge in [-0.15, -0.1) is 0 Å². The summed E-state index contributed by atoms with van der Waals surface area (Å²) in [6.45, 7) is 4.37. The molecular formula is C24H27FN4O3. The van der Waals surface area contributed by atoms with Crippen LogP contribution in [0.1, 0.15) is 40.9 Å². The third-order valence-corrected chi connectivity index (χ3v) is 6.29. The van der Waals surface area contributed by atoms with Gasteiger partial charge in [0.05, 0.1) is 11.6 Å². The maximum atomic E-state index is 13.7. The number of halogens is 1. The number of aromatic nitrogens is 1. The first-order valence-corrected chi connectivity index (χ1v) is 10.7. The van der Waals surface area contributed by atoms with Gasteiger partial charge in [0.2, 0.25) is 0 Å². The van der Waals surface area contributed by atoms with Gasteiger partial charge in [0.1, 0.15) is 5.82 Å². The summed E-state index contributed by atoms with van der Waals surface area (Å²) in [5, 5.41) is 2.75. The number of Topliss-reactive ketones (excluding diaryl/α,β-unsaturated/α-hetero) is 1. The van der Waals surface area contributed by atoms with E-state index >= 15 is 0 Å². The lowest BCUT2D eigenvalue weighted by Gasteiger charge is -2.27. The number of urea groups is 1. The van der Waals surface area contributed by atoms with Gasteiger partial charge in [-0.3, -0.25) is 9.59 Å². The lowest BCUT2D eigenvalue weighted by atomic mass is 9.98. The highest BCUT2D eigenvalue weighted by Gasteiger charge is 2.35. The maximum absolute atomic E-state index is 13.7. The lowest BCUT2D eigenvalue weighted by molar-refractivity contribution is -0.122. The Morgan fingerprint density at radius 3 is 2.75 bits per heavy atom. The number of carbonyl (C=O) groups excluding carboxylic acids is 3. The fourth-order valence-corrected chi connectivity index (χ4v) is 4.55. The zero-order valence-electron chi connectivity index (χ0n) is 18.7. The number of nitrogens with one attached hydrogen (secondary N) is 2. The average Bonchev–Trinajstić information content (AvgIpc) is 3.41. The number of nitrogens with zero attached hydrogens (tertiary/aromatic N) is 2. The Bertz CT molecular complexity index is 1150. The number of amides is 3. The van der Waals surface area contributed by atoms with Gasteiger partial charge in [0, 0.05) is 49.7 Å². The summed E-state index contributed by atoms with van der Waals surface area (Å²) in [5.41, 5.74) is 4.74. The van der Waals surface area contributed by atoms with Crippen LogP contribution in [0.2, 0.25) is 0 Å². The third-order valence-electron chi connectivity index (χ3n) is 6.29. The smallest absolute Gasteiger partial charge is 0.320 e. The summed E-state index contributed by atoms with van der Waals surface area (Å²) in [7, 11) is 3.37. The molecule has 2 aliphatic heterocycles. The lowest BCUT2D eigenvalue weighted by Crippen LogP contribution is -2.45. The summed E-state index contributed by atoms with van der Waals surface area (Å²) < 4.78 is 13.7. The number of anilines is 1. The minimum Gasteiger partial charge on any atom is -0.359 e. The van der Waals surface area contributed by atoms with Crippen molar-refractivity contribution in [1.29, 1.82) is 0 Å². The fraction of sp³-hybridized carbons (Fsp3) is 0.375. The Labute approximate surface area is 186 Å². The zero-order chi connectivity index (χ0) is 23.2.